The van der Waals surface area contributed by atoms with Gasteiger partial charge < -0.3 is 14.0 Å². The van der Waals surface area contributed by atoms with Gasteiger partial charge in [0.15, 0.2) is 8.32 Å². The number of rotatable bonds is 10. The molecule has 0 aliphatic rings. The third kappa shape index (κ3) is 8.51. The lowest BCUT2D eigenvalue weighted by Gasteiger charge is -2.45. The summed E-state index contributed by atoms with van der Waals surface area (Å²) in [7, 11) is -6.33. The van der Waals surface area contributed by atoms with Crippen LogP contribution < -0.4 is 10.4 Å². The molecule has 38 heavy (non-hydrogen) atoms. The van der Waals surface area contributed by atoms with Crippen LogP contribution in [0.1, 0.15) is 54.4 Å². The third-order valence-electron chi connectivity index (χ3n) is 7.59. The average molecular weight is 569 g/mol. The van der Waals surface area contributed by atoms with Crippen LogP contribution in [0.15, 0.2) is 60.7 Å². The zero-order chi connectivity index (χ0) is 28.8. The summed E-state index contributed by atoms with van der Waals surface area (Å²) in [4.78, 5) is 0. The van der Waals surface area contributed by atoms with Crippen molar-refractivity contribution >= 4 is 35.1 Å². The lowest BCUT2D eigenvalue weighted by molar-refractivity contribution is 0.0553. The van der Waals surface area contributed by atoms with Crippen LogP contribution in [0.4, 0.5) is 0 Å². The number of aliphatic hydroxyl groups excluding tert-OH is 1. The van der Waals surface area contributed by atoms with E-state index in [4.69, 9.17) is 8.85 Å². The Bertz CT molecular complexity index is 1010. The van der Waals surface area contributed by atoms with Crippen molar-refractivity contribution in [3.05, 3.63) is 60.7 Å². The SMILES string of the molecule is CC(C)(C)[Si](C)(C)OCCC[C@H](O[Si](c1ccccc1)(c1ccccc1)C(C)(C)C)[C@H](O)C#C[Si](C)(C)C. The zero-order valence-electron chi connectivity index (χ0n) is 25.8. The molecule has 1 N–H and O–H groups in total. The van der Waals surface area contributed by atoms with Crippen molar-refractivity contribution < 1.29 is 14.0 Å². The molecule has 0 radical (unpaired) electrons. The topological polar surface area (TPSA) is 38.7 Å². The van der Waals surface area contributed by atoms with Crippen molar-refractivity contribution in [2.24, 2.45) is 0 Å². The Balaban J connectivity index is 2.52. The van der Waals surface area contributed by atoms with Gasteiger partial charge >= 0.3 is 0 Å². The Morgan fingerprint density at radius 1 is 0.763 bits per heavy atom. The van der Waals surface area contributed by atoms with Crippen LogP contribution in [0, 0.1) is 11.5 Å². The molecule has 2 atom stereocenters. The van der Waals surface area contributed by atoms with Crippen LogP contribution >= 0.6 is 0 Å². The van der Waals surface area contributed by atoms with Gasteiger partial charge in [-0.1, -0.05) is 128 Å². The van der Waals surface area contributed by atoms with E-state index in [0.717, 1.165) is 6.42 Å². The van der Waals surface area contributed by atoms with E-state index in [1.54, 1.807) is 0 Å². The van der Waals surface area contributed by atoms with E-state index in [-0.39, 0.29) is 10.1 Å². The van der Waals surface area contributed by atoms with Crippen LogP contribution in [0.25, 0.3) is 0 Å². The van der Waals surface area contributed by atoms with E-state index in [0.29, 0.717) is 13.0 Å². The van der Waals surface area contributed by atoms with Crippen molar-refractivity contribution in [3.63, 3.8) is 0 Å². The molecule has 6 heteroatoms. The number of aliphatic hydroxyl groups is 1. The Morgan fingerprint density at radius 2 is 1.24 bits per heavy atom. The van der Waals surface area contributed by atoms with Crippen molar-refractivity contribution in [1.29, 1.82) is 0 Å². The normalized spacial score (nSPS) is 14.9. The van der Waals surface area contributed by atoms with Gasteiger partial charge in [0.2, 0.25) is 0 Å². The second kappa shape index (κ2) is 12.8. The van der Waals surface area contributed by atoms with Crippen LogP contribution in [-0.4, -0.2) is 48.6 Å². The monoisotopic (exact) mass is 568 g/mol. The molecule has 0 unspecified atom stereocenters. The lowest BCUT2D eigenvalue weighted by atomic mass is 10.1. The summed E-state index contributed by atoms with van der Waals surface area (Å²) in [5, 5.41) is 13.9. The lowest BCUT2D eigenvalue weighted by Crippen LogP contribution is -2.68. The maximum Gasteiger partial charge on any atom is 0.261 e. The van der Waals surface area contributed by atoms with Crippen molar-refractivity contribution in [1.82, 2.24) is 0 Å². The number of hydrogen-bond acceptors (Lipinski definition) is 3. The van der Waals surface area contributed by atoms with E-state index < -0.39 is 36.9 Å². The summed E-state index contributed by atoms with van der Waals surface area (Å²) >= 11 is 0. The van der Waals surface area contributed by atoms with Gasteiger partial charge in [0.25, 0.3) is 8.32 Å². The smallest absolute Gasteiger partial charge is 0.261 e. The van der Waals surface area contributed by atoms with Gasteiger partial charge in [-0.15, -0.1) is 5.54 Å². The first-order valence-corrected chi connectivity index (χ1v) is 22.4. The summed E-state index contributed by atoms with van der Waals surface area (Å²) in [6, 6.07) is 21.3. The van der Waals surface area contributed by atoms with Crippen LogP contribution in [-0.2, 0) is 8.85 Å². The van der Waals surface area contributed by atoms with E-state index in [2.05, 4.69) is 146 Å². The molecule has 0 aliphatic carbocycles. The molecule has 0 saturated carbocycles. The minimum Gasteiger partial charge on any atom is -0.417 e. The van der Waals surface area contributed by atoms with Crippen LogP contribution in [0.2, 0.25) is 42.8 Å². The van der Waals surface area contributed by atoms with Gasteiger partial charge in [0, 0.05) is 6.61 Å². The Hall–Kier alpha value is -1.47. The number of hydrogen-bond donors (Lipinski definition) is 1. The Morgan fingerprint density at radius 3 is 1.63 bits per heavy atom. The van der Waals surface area contributed by atoms with E-state index in [9.17, 15) is 5.11 Å². The molecule has 0 fully saturated rings. The third-order valence-corrected chi connectivity index (χ3v) is 18.1. The molecule has 0 aromatic heterocycles. The zero-order valence-corrected chi connectivity index (χ0v) is 28.8. The molecule has 2 rings (SSSR count). The van der Waals surface area contributed by atoms with Crippen molar-refractivity contribution in [3.8, 4) is 11.5 Å². The van der Waals surface area contributed by atoms with Crippen molar-refractivity contribution in [2.45, 2.75) is 109 Å². The maximum absolute atomic E-state index is 11.5. The standard InChI is InChI=1S/C32H52O3Si3/c1-31(2,3)37(10,11)34-25-18-23-30(29(33)24-26-36(7,8)9)35-38(32(4,5)6,27-19-14-12-15-20-27)28-21-16-13-17-22-28/h12-17,19-22,29-30,33H,18,23,25H2,1-11H3/t29-,30+/m1/s1. The molecule has 0 amide bonds. The van der Waals surface area contributed by atoms with Crippen LogP contribution in [0.3, 0.4) is 0 Å². The molecule has 3 nitrogen and oxygen atoms in total. The summed E-state index contributed by atoms with van der Waals surface area (Å²) in [6.07, 6.45) is 0.256. The summed E-state index contributed by atoms with van der Waals surface area (Å²) in [5.74, 6) is 3.21. The minimum atomic E-state index is -2.83. The van der Waals surface area contributed by atoms with Gasteiger partial charge in [0.05, 0.1) is 6.10 Å². The first-order chi connectivity index (χ1) is 17.4. The first-order valence-electron chi connectivity index (χ1n) is 14.0. The molecule has 2 aromatic rings. The van der Waals surface area contributed by atoms with Gasteiger partial charge in [-0.05, 0) is 46.4 Å². The molecule has 0 spiro atoms. The Kier molecular flexibility index (Phi) is 11.0. The molecule has 0 bridgehead atoms. The highest BCUT2D eigenvalue weighted by Gasteiger charge is 2.52. The van der Waals surface area contributed by atoms with Gasteiger partial charge in [0.1, 0.15) is 14.2 Å². The largest absolute Gasteiger partial charge is 0.417 e. The molecule has 2 aromatic carbocycles. The highest BCUT2D eigenvalue weighted by Crippen LogP contribution is 2.39. The summed E-state index contributed by atoms with van der Waals surface area (Å²) < 4.78 is 13.8. The fraction of sp³-hybridized carbons (Fsp3) is 0.562. The van der Waals surface area contributed by atoms with E-state index in [1.165, 1.54) is 10.4 Å². The highest BCUT2D eigenvalue weighted by atomic mass is 28.4. The quantitative estimate of drug-likeness (QED) is 0.191. The molecular formula is C32H52O3Si3. The van der Waals surface area contributed by atoms with Gasteiger partial charge in [-0.25, -0.2) is 0 Å². The molecule has 0 saturated heterocycles. The summed E-state index contributed by atoms with van der Waals surface area (Å²) in [5.41, 5.74) is 3.39. The molecule has 210 valence electrons. The number of benzene rings is 2. The molecule has 0 aliphatic heterocycles. The van der Waals surface area contributed by atoms with Gasteiger partial charge in [-0.2, -0.15) is 0 Å². The Labute approximate surface area is 236 Å². The second-order valence-electron chi connectivity index (χ2n) is 14.0. The van der Waals surface area contributed by atoms with Crippen molar-refractivity contribution in [2.75, 3.05) is 6.61 Å². The molecular weight excluding hydrogens is 517 g/mol. The van der Waals surface area contributed by atoms with Crippen LogP contribution in [0.5, 0.6) is 0 Å². The maximum atomic E-state index is 11.5. The average Bonchev–Trinajstić information content (AvgIpc) is 2.81. The fourth-order valence-corrected chi connectivity index (χ4v) is 10.8. The predicted octanol–water partition coefficient (Wildman–Crippen LogP) is 6.98. The first kappa shape index (κ1) is 32.7. The van der Waals surface area contributed by atoms with E-state index in [1.807, 2.05) is 0 Å². The minimum absolute atomic E-state index is 0.167. The second-order valence-corrected chi connectivity index (χ2v) is 27.8. The van der Waals surface area contributed by atoms with E-state index >= 15 is 0 Å². The molecule has 0 heterocycles. The summed E-state index contributed by atoms with van der Waals surface area (Å²) in [6.45, 7) is 25.5. The highest BCUT2D eigenvalue weighted by molar-refractivity contribution is 6.99. The predicted molar refractivity (Wildman–Crippen MR) is 172 cm³/mol. The fourth-order valence-electron chi connectivity index (χ4n) is 4.41. The van der Waals surface area contributed by atoms with Gasteiger partial charge in [-0.3, -0.25) is 0 Å².